The third-order valence-corrected chi connectivity index (χ3v) is 5.76. The minimum absolute atomic E-state index is 0.0657. The molecule has 29 heavy (non-hydrogen) atoms. The lowest BCUT2D eigenvalue weighted by molar-refractivity contribution is 0.110. The molecule has 0 amide bonds. The van der Waals surface area contributed by atoms with E-state index >= 15 is 0 Å². The molecule has 0 spiro atoms. The molecule has 0 unspecified atom stereocenters. The predicted molar refractivity (Wildman–Crippen MR) is 108 cm³/mol. The van der Waals surface area contributed by atoms with Crippen molar-refractivity contribution in [3.8, 4) is 0 Å². The molecular formula is C20H20N6O2S. The van der Waals surface area contributed by atoms with E-state index in [-0.39, 0.29) is 12.0 Å². The molecule has 1 aliphatic heterocycles. The van der Waals surface area contributed by atoms with Gasteiger partial charge in [-0.05, 0) is 25.0 Å². The minimum Gasteiger partial charge on any atom is -0.373 e. The zero-order valence-electron chi connectivity index (χ0n) is 16.1. The van der Waals surface area contributed by atoms with Crippen LogP contribution in [0.2, 0.25) is 0 Å². The Morgan fingerprint density at radius 1 is 1.21 bits per heavy atom. The van der Waals surface area contributed by atoms with E-state index in [2.05, 4.69) is 51.6 Å². The van der Waals surface area contributed by atoms with Crippen molar-refractivity contribution in [1.82, 2.24) is 29.7 Å². The standard InChI is InChI=1S/C20H20N6O2S/c1-12-3-5-13(6-4-12)16-9-14(11-27-16)19-21-17(28-23-19)10-26-8-7-15-18(20(26)29)25(2)24-22-15/h3-8,14,16H,9-11H2,1-2H3/t14-,16+/m0/s1. The van der Waals surface area contributed by atoms with Gasteiger partial charge in [-0.25, -0.2) is 4.68 Å². The highest BCUT2D eigenvalue weighted by Crippen LogP contribution is 2.37. The zero-order valence-corrected chi connectivity index (χ0v) is 17.0. The van der Waals surface area contributed by atoms with Gasteiger partial charge < -0.3 is 13.8 Å². The van der Waals surface area contributed by atoms with Crippen molar-refractivity contribution in [3.63, 3.8) is 0 Å². The lowest BCUT2D eigenvalue weighted by Crippen LogP contribution is -2.05. The number of nitrogens with zero attached hydrogens (tertiary/aromatic N) is 6. The smallest absolute Gasteiger partial charge is 0.246 e. The first kappa shape index (κ1) is 18.1. The Balaban J connectivity index is 1.32. The number of hydrogen-bond acceptors (Lipinski definition) is 7. The molecule has 0 saturated carbocycles. The van der Waals surface area contributed by atoms with Crippen LogP contribution in [0, 0.1) is 11.6 Å². The van der Waals surface area contributed by atoms with Crippen molar-refractivity contribution < 1.29 is 9.26 Å². The molecule has 4 heterocycles. The van der Waals surface area contributed by atoms with Gasteiger partial charge in [-0.15, -0.1) is 5.10 Å². The SMILES string of the molecule is Cc1ccc([C@H]2C[C@H](c3noc(Cn4ccc5nnn(C)c5c4=S)n3)CO2)cc1. The van der Waals surface area contributed by atoms with Gasteiger partial charge in [0.15, 0.2) is 5.82 Å². The molecule has 0 bridgehead atoms. The lowest BCUT2D eigenvalue weighted by atomic mass is 9.99. The number of benzene rings is 1. The van der Waals surface area contributed by atoms with Crippen LogP contribution in [0.4, 0.5) is 0 Å². The fourth-order valence-electron chi connectivity index (χ4n) is 3.69. The quantitative estimate of drug-likeness (QED) is 0.478. The summed E-state index contributed by atoms with van der Waals surface area (Å²) in [4.78, 5) is 4.60. The van der Waals surface area contributed by atoms with Gasteiger partial charge in [-0.3, -0.25) is 0 Å². The summed E-state index contributed by atoms with van der Waals surface area (Å²) in [5.41, 5.74) is 4.01. The average molecular weight is 408 g/mol. The fraction of sp³-hybridized carbons (Fsp3) is 0.350. The van der Waals surface area contributed by atoms with E-state index in [1.54, 1.807) is 4.68 Å². The second kappa shape index (κ2) is 7.16. The second-order valence-electron chi connectivity index (χ2n) is 7.41. The summed E-state index contributed by atoms with van der Waals surface area (Å²) >= 11 is 5.58. The second-order valence-corrected chi connectivity index (χ2v) is 7.79. The van der Waals surface area contributed by atoms with Gasteiger partial charge in [0.2, 0.25) is 5.89 Å². The Hall–Kier alpha value is -2.91. The highest BCUT2D eigenvalue weighted by molar-refractivity contribution is 7.71. The first-order valence-corrected chi connectivity index (χ1v) is 9.89. The molecule has 0 aliphatic carbocycles. The van der Waals surface area contributed by atoms with Gasteiger partial charge in [0.25, 0.3) is 0 Å². The number of aryl methyl sites for hydroxylation is 2. The van der Waals surface area contributed by atoms with Crippen LogP contribution >= 0.6 is 12.2 Å². The topological polar surface area (TPSA) is 83.8 Å². The molecule has 1 aromatic carbocycles. The van der Waals surface area contributed by atoms with E-state index in [0.29, 0.717) is 29.5 Å². The minimum atomic E-state index is 0.0657. The zero-order chi connectivity index (χ0) is 20.0. The summed E-state index contributed by atoms with van der Waals surface area (Å²) < 4.78 is 15.7. The number of hydrogen-bond donors (Lipinski definition) is 0. The van der Waals surface area contributed by atoms with Crippen molar-refractivity contribution in [1.29, 1.82) is 0 Å². The monoisotopic (exact) mass is 408 g/mol. The van der Waals surface area contributed by atoms with Crippen LogP contribution in [0.1, 0.15) is 41.3 Å². The van der Waals surface area contributed by atoms with Crippen molar-refractivity contribution in [2.75, 3.05) is 6.61 Å². The van der Waals surface area contributed by atoms with Gasteiger partial charge in [-0.2, -0.15) is 4.98 Å². The molecule has 4 aromatic rings. The van der Waals surface area contributed by atoms with Crippen molar-refractivity contribution in [3.05, 3.63) is 64.0 Å². The molecule has 148 valence electrons. The van der Waals surface area contributed by atoms with E-state index in [1.807, 2.05) is 23.9 Å². The van der Waals surface area contributed by atoms with E-state index in [9.17, 15) is 0 Å². The van der Waals surface area contributed by atoms with Crippen LogP contribution in [0.25, 0.3) is 11.0 Å². The Morgan fingerprint density at radius 3 is 2.86 bits per heavy atom. The Morgan fingerprint density at radius 2 is 2.03 bits per heavy atom. The third kappa shape index (κ3) is 3.36. The maximum absolute atomic E-state index is 5.98. The normalized spacial score (nSPS) is 19.2. The summed E-state index contributed by atoms with van der Waals surface area (Å²) in [6.07, 6.45) is 2.78. The molecule has 0 radical (unpaired) electrons. The number of fused-ring (bicyclic) bond motifs is 1. The predicted octanol–water partition coefficient (Wildman–Crippen LogP) is 3.48. The van der Waals surface area contributed by atoms with Gasteiger partial charge in [0.1, 0.15) is 22.2 Å². The molecule has 8 nitrogen and oxygen atoms in total. The third-order valence-electron chi connectivity index (χ3n) is 5.33. The summed E-state index contributed by atoms with van der Waals surface area (Å²) in [6, 6.07) is 10.3. The molecule has 0 N–H and O–H groups in total. The fourth-order valence-corrected chi connectivity index (χ4v) is 4.05. The van der Waals surface area contributed by atoms with Crippen molar-refractivity contribution in [2.24, 2.45) is 7.05 Å². The van der Waals surface area contributed by atoms with Gasteiger partial charge in [-0.1, -0.05) is 52.4 Å². The average Bonchev–Trinajstić information content (AvgIpc) is 3.45. The first-order chi connectivity index (χ1) is 14.1. The summed E-state index contributed by atoms with van der Waals surface area (Å²) in [5.74, 6) is 1.32. The highest BCUT2D eigenvalue weighted by Gasteiger charge is 2.31. The van der Waals surface area contributed by atoms with E-state index in [0.717, 1.165) is 17.5 Å². The van der Waals surface area contributed by atoms with Gasteiger partial charge >= 0.3 is 0 Å². The van der Waals surface area contributed by atoms with E-state index in [1.165, 1.54) is 11.1 Å². The largest absolute Gasteiger partial charge is 0.373 e. The summed E-state index contributed by atoms with van der Waals surface area (Å²) in [7, 11) is 1.82. The molecule has 1 saturated heterocycles. The molecule has 2 atom stereocenters. The number of aromatic nitrogens is 6. The number of ether oxygens (including phenoxy) is 1. The van der Waals surface area contributed by atoms with Gasteiger partial charge in [0, 0.05) is 19.2 Å². The van der Waals surface area contributed by atoms with Crippen LogP contribution in [0.3, 0.4) is 0 Å². The van der Waals surface area contributed by atoms with Crippen molar-refractivity contribution >= 4 is 23.3 Å². The molecule has 1 fully saturated rings. The summed E-state index contributed by atoms with van der Waals surface area (Å²) in [6.45, 7) is 3.07. The Kier molecular flexibility index (Phi) is 4.48. The van der Waals surface area contributed by atoms with Crippen LogP contribution < -0.4 is 0 Å². The van der Waals surface area contributed by atoms with E-state index < -0.39 is 0 Å². The molecule has 1 aliphatic rings. The van der Waals surface area contributed by atoms with Crippen LogP contribution in [-0.4, -0.2) is 36.3 Å². The number of pyridine rings is 1. The van der Waals surface area contributed by atoms with Crippen molar-refractivity contribution in [2.45, 2.75) is 31.9 Å². The molecule has 3 aromatic heterocycles. The molecular weight excluding hydrogens is 388 g/mol. The number of rotatable bonds is 4. The molecule has 5 rings (SSSR count). The van der Waals surface area contributed by atoms with Gasteiger partial charge in [0.05, 0.1) is 12.7 Å². The van der Waals surface area contributed by atoms with Crippen LogP contribution in [-0.2, 0) is 18.3 Å². The lowest BCUT2D eigenvalue weighted by Gasteiger charge is -2.09. The van der Waals surface area contributed by atoms with E-state index in [4.69, 9.17) is 21.5 Å². The summed E-state index contributed by atoms with van der Waals surface area (Å²) in [5, 5.41) is 12.3. The first-order valence-electron chi connectivity index (χ1n) is 9.48. The Bertz CT molecular complexity index is 1230. The van der Waals surface area contributed by atoms with Crippen LogP contribution in [0.15, 0.2) is 41.1 Å². The Labute approximate surface area is 172 Å². The maximum Gasteiger partial charge on any atom is 0.246 e. The maximum atomic E-state index is 5.98. The van der Waals surface area contributed by atoms with Crippen LogP contribution in [0.5, 0.6) is 0 Å². The molecule has 9 heteroatoms. The highest BCUT2D eigenvalue weighted by atomic mass is 32.1.